The van der Waals surface area contributed by atoms with Crippen molar-refractivity contribution in [2.45, 2.75) is 6.92 Å². The van der Waals surface area contributed by atoms with Crippen LogP contribution in [0, 0.1) is 0 Å². The second kappa shape index (κ2) is 7.22. The normalized spacial score (nSPS) is 10.2. The fraction of sp³-hybridized carbons (Fsp3) is 0.0909. The summed E-state index contributed by atoms with van der Waals surface area (Å²) in [5.74, 6) is -1.85. The summed E-state index contributed by atoms with van der Waals surface area (Å²) >= 11 is 0. The Kier molecular flexibility index (Phi) is 6.72. The molecule has 0 aliphatic heterocycles. The molecular formula is C11H10NNaO3. The number of carbonyl (C=O) groups excluding carboxylic acids is 2. The van der Waals surface area contributed by atoms with Gasteiger partial charge < -0.3 is 15.2 Å². The van der Waals surface area contributed by atoms with Gasteiger partial charge in [-0.1, -0.05) is 30.3 Å². The number of nitrogens with one attached hydrogen (secondary N) is 1. The van der Waals surface area contributed by atoms with Crippen LogP contribution in [0.3, 0.4) is 0 Å². The Balaban J connectivity index is 0.00000225. The number of carboxylic acids is 1. The monoisotopic (exact) mass is 227 g/mol. The molecule has 1 N–H and O–H groups in total. The summed E-state index contributed by atoms with van der Waals surface area (Å²) in [6.45, 7) is 1.24. The molecular weight excluding hydrogens is 217 g/mol. The minimum atomic E-state index is -1.41. The maximum absolute atomic E-state index is 10.7. The van der Waals surface area contributed by atoms with E-state index in [1.54, 1.807) is 24.3 Å². The van der Waals surface area contributed by atoms with Gasteiger partial charge in [0, 0.05) is 6.92 Å². The van der Waals surface area contributed by atoms with Crippen LogP contribution < -0.4 is 40.0 Å². The second-order valence-electron chi connectivity index (χ2n) is 2.94. The molecule has 4 nitrogen and oxygen atoms in total. The van der Waals surface area contributed by atoms with E-state index in [4.69, 9.17) is 0 Å². The first-order valence-electron chi connectivity index (χ1n) is 4.35. The van der Waals surface area contributed by atoms with Crippen molar-refractivity contribution in [3.8, 4) is 0 Å². The maximum atomic E-state index is 10.7. The molecule has 0 spiro atoms. The van der Waals surface area contributed by atoms with E-state index in [1.165, 1.54) is 13.0 Å². The van der Waals surface area contributed by atoms with E-state index in [0.717, 1.165) is 0 Å². The molecule has 0 aliphatic rings. The molecule has 0 aromatic heterocycles. The number of hydrogen-bond acceptors (Lipinski definition) is 3. The van der Waals surface area contributed by atoms with E-state index < -0.39 is 11.9 Å². The average Bonchev–Trinajstić information content (AvgIpc) is 2.17. The number of carboxylic acid groups (broad SMARTS) is 1. The van der Waals surface area contributed by atoms with E-state index in [-0.39, 0.29) is 35.3 Å². The van der Waals surface area contributed by atoms with Crippen LogP contribution >= 0.6 is 0 Å². The van der Waals surface area contributed by atoms with Gasteiger partial charge in [0.15, 0.2) is 0 Å². The van der Waals surface area contributed by atoms with Gasteiger partial charge >= 0.3 is 29.6 Å². The first kappa shape index (κ1) is 14.9. The zero-order valence-corrected chi connectivity index (χ0v) is 11.2. The van der Waals surface area contributed by atoms with Crippen LogP contribution in [-0.4, -0.2) is 11.9 Å². The van der Waals surface area contributed by atoms with Gasteiger partial charge in [-0.3, -0.25) is 4.79 Å². The number of rotatable bonds is 3. The minimum Gasteiger partial charge on any atom is -0.543 e. The maximum Gasteiger partial charge on any atom is 1.00 e. The van der Waals surface area contributed by atoms with Gasteiger partial charge in [-0.2, -0.15) is 0 Å². The molecule has 0 saturated carbocycles. The summed E-state index contributed by atoms with van der Waals surface area (Å²) in [5.41, 5.74) is 0.444. The fourth-order valence-electron chi connectivity index (χ4n) is 1.05. The Morgan fingerprint density at radius 2 is 1.81 bits per heavy atom. The molecule has 5 heteroatoms. The number of hydrogen-bond donors (Lipinski definition) is 1. The molecule has 0 radical (unpaired) electrons. The molecule has 1 amide bonds. The third-order valence-corrected chi connectivity index (χ3v) is 1.64. The molecule has 0 aliphatic carbocycles. The summed E-state index contributed by atoms with van der Waals surface area (Å²) in [5, 5.41) is 12.8. The van der Waals surface area contributed by atoms with Gasteiger partial charge in [-0.25, -0.2) is 0 Å². The van der Waals surface area contributed by atoms with Crippen molar-refractivity contribution >= 4 is 18.0 Å². The number of aliphatic carboxylic acids is 1. The first-order valence-corrected chi connectivity index (χ1v) is 4.35. The molecule has 78 valence electrons. The van der Waals surface area contributed by atoms with Gasteiger partial charge in [0.05, 0.1) is 11.7 Å². The van der Waals surface area contributed by atoms with Gasteiger partial charge in [0.2, 0.25) is 5.91 Å². The van der Waals surface area contributed by atoms with Gasteiger partial charge in [-0.05, 0) is 11.6 Å². The Hall–Kier alpha value is -1.10. The van der Waals surface area contributed by atoms with Gasteiger partial charge in [0.1, 0.15) is 0 Å². The van der Waals surface area contributed by atoms with Crippen LogP contribution in [0.5, 0.6) is 0 Å². The predicted octanol–water partition coefficient (Wildman–Crippen LogP) is -3.08. The minimum absolute atomic E-state index is 0. The fourth-order valence-corrected chi connectivity index (χ4v) is 1.05. The number of amides is 1. The van der Waals surface area contributed by atoms with E-state index in [1.807, 2.05) is 6.07 Å². The summed E-state index contributed by atoms with van der Waals surface area (Å²) in [6.07, 6.45) is 1.34. The third kappa shape index (κ3) is 5.11. The van der Waals surface area contributed by atoms with Crippen LogP contribution in [0.2, 0.25) is 0 Å². The molecule has 0 unspecified atom stereocenters. The van der Waals surface area contributed by atoms with Crippen molar-refractivity contribution in [3.05, 3.63) is 41.6 Å². The van der Waals surface area contributed by atoms with Crippen molar-refractivity contribution < 1.29 is 44.3 Å². The van der Waals surface area contributed by atoms with Crippen molar-refractivity contribution in [2.24, 2.45) is 0 Å². The summed E-state index contributed by atoms with van der Waals surface area (Å²) in [6, 6.07) is 8.81. The third-order valence-electron chi connectivity index (χ3n) is 1.64. The van der Waals surface area contributed by atoms with Crippen LogP contribution in [-0.2, 0) is 9.59 Å². The van der Waals surface area contributed by atoms with Crippen LogP contribution in [0.25, 0.3) is 6.08 Å². The van der Waals surface area contributed by atoms with Crippen molar-refractivity contribution in [3.63, 3.8) is 0 Å². The van der Waals surface area contributed by atoms with E-state index in [0.29, 0.717) is 5.56 Å². The molecule has 0 saturated heterocycles. The van der Waals surface area contributed by atoms with Crippen molar-refractivity contribution in [1.82, 2.24) is 5.32 Å². The van der Waals surface area contributed by atoms with Crippen LogP contribution in [0.1, 0.15) is 12.5 Å². The Labute approximate surface area is 116 Å². The SMILES string of the molecule is CC(=O)N/C(=C\c1ccccc1)C(=O)[O-].[Na+]. The molecule has 1 aromatic carbocycles. The van der Waals surface area contributed by atoms with Crippen LogP contribution in [0.15, 0.2) is 36.0 Å². The molecule has 0 bridgehead atoms. The summed E-state index contributed by atoms with van der Waals surface area (Å²) < 4.78 is 0. The summed E-state index contributed by atoms with van der Waals surface area (Å²) in [4.78, 5) is 21.4. The average molecular weight is 227 g/mol. The Morgan fingerprint density at radius 1 is 1.25 bits per heavy atom. The molecule has 0 atom stereocenters. The van der Waals surface area contributed by atoms with Crippen LogP contribution in [0.4, 0.5) is 0 Å². The molecule has 1 aromatic rings. The Bertz CT molecular complexity index is 401. The van der Waals surface area contributed by atoms with E-state index in [2.05, 4.69) is 5.32 Å². The second-order valence-corrected chi connectivity index (χ2v) is 2.94. The first-order chi connectivity index (χ1) is 7.09. The summed E-state index contributed by atoms with van der Waals surface area (Å²) in [7, 11) is 0. The smallest absolute Gasteiger partial charge is 0.543 e. The predicted molar refractivity (Wildman–Crippen MR) is 53.2 cm³/mol. The molecule has 16 heavy (non-hydrogen) atoms. The Morgan fingerprint density at radius 3 is 2.25 bits per heavy atom. The zero-order valence-electron chi connectivity index (χ0n) is 9.19. The molecule has 0 fully saturated rings. The standard InChI is InChI=1S/C11H11NO3.Na/c1-8(13)12-10(11(14)15)7-9-5-3-2-4-6-9;/h2-7H,1H3,(H,12,13)(H,14,15);/q;+1/p-1/b10-7-;. The number of benzene rings is 1. The zero-order chi connectivity index (χ0) is 11.3. The van der Waals surface area contributed by atoms with Crippen molar-refractivity contribution in [2.75, 3.05) is 0 Å². The largest absolute Gasteiger partial charge is 1.00 e. The topological polar surface area (TPSA) is 69.2 Å². The van der Waals surface area contributed by atoms with Crippen molar-refractivity contribution in [1.29, 1.82) is 0 Å². The van der Waals surface area contributed by atoms with E-state index in [9.17, 15) is 14.7 Å². The quantitative estimate of drug-likeness (QED) is 0.440. The van der Waals surface area contributed by atoms with Gasteiger partial charge in [-0.15, -0.1) is 0 Å². The van der Waals surface area contributed by atoms with E-state index >= 15 is 0 Å². The molecule has 0 heterocycles. The number of carbonyl (C=O) groups is 2. The molecule has 1 rings (SSSR count). The van der Waals surface area contributed by atoms with Gasteiger partial charge in [0.25, 0.3) is 0 Å².